The van der Waals surface area contributed by atoms with Crippen molar-refractivity contribution in [3.05, 3.63) is 35.4 Å². The van der Waals surface area contributed by atoms with Gasteiger partial charge in [0.1, 0.15) is 0 Å². The van der Waals surface area contributed by atoms with E-state index in [2.05, 4.69) is 50.4 Å². The number of rotatable bonds is 6. The van der Waals surface area contributed by atoms with Gasteiger partial charge < -0.3 is 10.4 Å². The lowest BCUT2D eigenvalue weighted by Gasteiger charge is -2.31. The van der Waals surface area contributed by atoms with Gasteiger partial charge in [0.2, 0.25) is 0 Å². The van der Waals surface area contributed by atoms with E-state index in [1.165, 1.54) is 11.1 Å². The summed E-state index contributed by atoms with van der Waals surface area (Å²) < 4.78 is 0. The molecule has 0 aliphatic carbocycles. The Morgan fingerprint density at radius 2 is 1.81 bits per heavy atom. The quantitative estimate of drug-likeness (QED) is 0.774. The highest BCUT2D eigenvalue weighted by Gasteiger charge is 2.23. The van der Waals surface area contributed by atoms with E-state index in [9.17, 15) is 5.11 Å². The molecule has 2 nitrogen and oxygen atoms in total. The van der Waals surface area contributed by atoms with Gasteiger partial charge in [-0.2, -0.15) is 0 Å². The van der Waals surface area contributed by atoms with Crippen molar-refractivity contribution in [1.82, 2.24) is 5.32 Å². The fourth-order valence-electron chi connectivity index (χ4n) is 1.87. The monoisotopic (exact) mass is 221 g/mol. The Balaban J connectivity index is 2.66. The van der Waals surface area contributed by atoms with Crippen LogP contribution in [-0.2, 0) is 6.54 Å². The fraction of sp³-hybridized carbons (Fsp3) is 0.571. The molecule has 2 heteroatoms. The molecular formula is C14H23NO. The number of aliphatic hydroxyl groups excluding tert-OH is 1. The van der Waals surface area contributed by atoms with Crippen LogP contribution in [0, 0.1) is 6.92 Å². The summed E-state index contributed by atoms with van der Waals surface area (Å²) in [5.74, 6) is 0. The van der Waals surface area contributed by atoms with Crippen LogP contribution in [0.15, 0.2) is 24.3 Å². The second kappa shape index (κ2) is 6.02. The zero-order valence-corrected chi connectivity index (χ0v) is 10.6. The van der Waals surface area contributed by atoms with Crippen LogP contribution in [0.5, 0.6) is 0 Å². The van der Waals surface area contributed by atoms with Crippen LogP contribution in [0.2, 0.25) is 0 Å². The lowest BCUT2D eigenvalue weighted by atomic mass is 9.93. The molecular weight excluding hydrogens is 198 g/mol. The Morgan fingerprint density at radius 3 is 2.31 bits per heavy atom. The van der Waals surface area contributed by atoms with Crippen molar-refractivity contribution in [2.45, 2.75) is 45.7 Å². The number of aliphatic hydroxyl groups is 1. The first-order chi connectivity index (χ1) is 7.67. The van der Waals surface area contributed by atoms with Gasteiger partial charge in [-0.25, -0.2) is 0 Å². The van der Waals surface area contributed by atoms with Gasteiger partial charge >= 0.3 is 0 Å². The minimum Gasteiger partial charge on any atom is -0.394 e. The van der Waals surface area contributed by atoms with Crippen LogP contribution in [0.25, 0.3) is 0 Å². The maximum Gasteiger partial charge on any atom is 0.0613 e. The lowest BCUT2D eigenvalue weighted by Crippen LogP contribution is -2.47. The molecule has 0 atom stereocenters. The van der Waals surface area contributed by atoms with E-state index in [0.29, 0.717) is 0 Å². The highest BCUT2D eigenvalue weighted by Crippen LogP contribution is 2.16. The minimum atomic E-state index is -0.123. The van der Waals surface area contributed by atoms with E-state index in [1.54, 1.807) is 0 Å². The van der Waals surface area contributed by atoms with Crippen LogP contribution < -0.4 is 5.32 Å². The van der Waals surface area contributed by atoms with E-state index in [4.69, 9.17) is 0 Å². The summed E-state index contributed by atoms with van der Waals surface area (Å²) in [5, 5.41) is 13.0. The molecule has 0 spiro atoms. The molecule has 1 aromatic rings. The molecule has 0 unspecified atom stereocenters. The average Bonchev–Trinajstić information content (AvgIpc) is 2.34. The van der Waals surface area contributed by atoms with Crippen molar-refractivity contribution in [2.75, 3.05) is 6.61 Å². The van der Waals surface area contributed by atoms with Crippen LogP contribution in [-0.4, -0.2) is 17.3 Å². The summed E-state index contributed by atoms with van der Waals surface area (Å²) in [7, 11) is 0. The van der Waals surface area contributed by atoms with Crippen LogP contribution >= 0.6 is 0 Å². The maximum atomic E-state index is 9.46. The molecule has 0 radical (unpaired) electrons. The maximum absolute atomic E-state index is 9.46. The molecule has 0 aromatic heterocycles. The molecule has 16 heavy (non-hydrogen) atoms. The molecule has 0 fully saturated rings. The largest absolute Gasteiger partial charge is 0.394 e. The smallest absolute Gasteiger partial charge is 0.0613 e. The molecule has 0 aliphatic rings. The van der Waals surface area contributed by atoms with Gasteiger partial charge in [0.15, 0.2) is 0 Å². The van der Waals surface area contributed by atoms with Gasteiger partial charge in [-0.3, -0.25) is 0 Å². The van der Waals surface area contributed by atoms with Gasteiger partial charge in [-0.05, 0) is 30.9 Å². The highest BCUT2D eigenvalue weighted by molar-refractivity contribution is 5.25. The molecule has 0 saturated carbocycles. The molecule has 90 valence electrons. The van der Waals surface area contributed by atoms with Crippen molar-refractivity contribution in [3.63, 3.8) is 0 Å². The van der Waals surface area contributed by atoms with Crippen LogP contribution in [0.1, 0.15) is 37.8 Å². The second-order valence-electron chi connectivity index (χ2n) is 4.43. The third-order valence-electron chi connectivity index (χ3n) is 3.57. The van der Waals surface area contributed by atoms with Crippen molar-refractivity contribution in [2.24, 2.45) is 0 Å². The summed E-state index contributed by atoms with van der Waals surface area (Å²) in [4.78, 5) is 0. The first-order valence-electron chi connectivity index (χ1n) is 6.08. The number of aryl methyl sites for hydroxylation is 1. The molecule has 2 N–H and O–H groups in total. The van der Waals surface area contributed by atoms with E-state index < -0.39 is 0 Å². The minimum absolute atomic E-state index is 0.123. The SMILES string of the molecule is CCC(CC)(CO)NCc1ccccc1C. The van der Waals surface area contributed by atoms with E-state index >= 15 is 0 Å². The van der Waals surface area contributed by atoms with Gasteiger partial charge in [0.25, 0.3) is 0 Å². The normalized spacial score (nSPS) is 11.8. The molecule has 0 amide bonds. The third kappa shape index (κ3) is 3.06. The molecule has 1 aromatic carbocycles. The lowest BCUT2D eigenvalue weighted by molar-refractivity contribution is 0.149. The molecule has 0 heterocycles. The summed E-state index contributed by atoms with van der Waals surface area (Å²) in [6, 6.07) is 8.37. The van der Waals surface area contributed by atoms with Crippen molar-refractivity contribution >= 4 is 0 Å². The first-order valence-corrected chi connectivity index (χ1v) is 6.08. The predicted molar refractivity (Wildman–Crippen MR) is 68.4 cm³/mol. The van der Waals surface area contributed by atoms with Crippen LogP contribution in [0.4, 0.5) is 0 Å². The van der Waals surface area contributed by atoms with E-state index in [0.717, 1.165) is 19.4 Å². The number of benzene rings is 1. The van der Waals surface area contributed by atoms with Gasteiger partial charge in [-0.15, -0.1) is 0 Å². The molecule has 0 saturated heterocycles. The molecule has 0 bridgehead atoms. The molecule has 1 rings (SSSR count). The van der Waals surface area contributed by atoms with Gasteiger partial charge in [0, 0.05) is 12.1 Å². The number of nitrogens with one attached hydrogen (secondary N) is 1. The topological polar surface area (TPSA) is 32.3 Å². The fourth-order valence-corrected chi connectivity index (χ4v) is 1.87. The summed E-state index contributed by atoms with van der Waals surface area (Å²) in [6.45, 7) is 7.38. The Hall–Kier alpha value is -0.860. The second-order valence-corrected chi connectivity index (χ2v) is 4.43. The summed E-state index contributed by atoms with van der Waals surface area (Å²) in [5.41, 5.74) is 2.48. The summed E-state index contributed by atoms with van der Waals surface area (Å²) >= 11 is 0. The zero-order valence-electron chi connectivity index (χ0n) is 10.6. The highest BCUT2D eigenvalue weighted by atomic mass is 16.3. The average molecular weight is 221 g/mol. The van der Waals surface area contributed by atoms with E-state index in [1.807, 2.05) is 0 Å². The third-order valence-corrected chi connectivity index (χ3v) is 3.57. The van der Waals surface area contributed by atoms with Crippen molar-refractivity contribution in [3.8, 4) is 0 Å². The van der Waals surface area contributed by atoms with Crippen LogP contribution in [0.3, 0.4) is 0 Å². The number of hydrogen-bond acceptors (Lipinski definition) is 2. The first kappa shape index (κ1) is 13.2. The standard InChI is InChI=1S/C14H23NO/c1-4-14(5-2,11-16)15-10-13-9-7-6-8-12(13)3/h6-9,15-16H,4-5,10-11H2,1-3H3. The Labute approximate surface area is 98.7 Å². The molecule has 0 aliphatic heterocycles. The van der Waals surface area contributed by atoms with E-state index in [-0.39, 0.29) is 12.1 Å². The Kier molecular flexibility index (Phi) is 4.97. The zero-order chi connectivity index (χ0) is 12.0. The predicted octanol–water partition coefficient (Wildman–Crippen LogP) is 2.64. The van der Waals surface area contributed by atoms with Gasteiger partial charge in [-0.1, -0.05) is 38.1 Å². The Morgan fingerprint density at radius 1 is 1.19 bits per heavy atom. The van der Waals surface area contributed by atoms with Crippen molar-refractivity contribution in [1.29, 1.82) is 0 Å². The number of hydrogen-bond donors (Lipinski definition) is 2. The van der Waals surface area contributed by atoms with Crippen molar-refractivity contribution < 1.29 is 5.11 Å². The summed E-state index contributed by atoms with van der Waals surface area (Å²) in [6.07, 6.45) is 1.90. The Bertz CT molecular complexity index is 310. The van der Waals surface area contributed by atoms with Gasteiger partial charge in [0.05, 0.1) is 6.61 Å².